The molecule has 0 spiro atoms. The largest absolute Gasteiger partial charge is 0.494 e. The van der Waals surface area contributed by atoms with Gasteiger partial charge in [-0.3, -0.25) is 10.1 Å². The second kappa shape index (κ2) is 6.23. The normalized spacial score (nSPS) is 12.2. The second-order valence-electron chi connectivity index (χ2n) is 5.17. The van der Waals surface area contributed by atoms with Crippen LogP contribution < -0.4 is 10.5 Å². The van der Waals surface area contributed by atoms with E-state index in [0.717, 1.165) is 0 Å². The van der Waals surface area contributed by atoms with Gasteiger partial charge in [0.15, 0.2) is 0 Å². The maximum atomic E-state index is 10.7. The van der Waals surface area contributed by atoms with Crippen molar-refractivity contribution in [1.29, 1.82) is 0 Å². The van der Waals surface area contributed by atoms with E-state index in [1.54, 1.807) is 19.1 Å². The highest BCUT2D eigenvalue weighted by Gasteiger charge is 2.23. The van der Waals surface area contributed by atoms with Gasteiger partial charge in [-0.25, -0.2) is 0 Å². The Morgan fingerprint density at radius 2 is 2.20 bits per heavy atom. The average molecular weight is 281 g/mol. The van der Waals surface area contributed by atoms with Gasteiger partial charge in [0.25, 0.3) is 5.69 Å². The van der Waals surface area contributed by atoms with Crippen LogP contribution in [-0.2, 0) is 0 Å². The molecular formula is C13H19N3O4. The highest BCUT2D eigenvalue weighted by atomic mass is 16.6. The van der Waals surface area contributed by atoms with Crippen LogP contribution in [0.5, 0.6) is 5.75 Å². The Hall–Kier alpha value is -2.31. The minimum atomic E-state index is -0.482. The number of aryl methyl sites for hydroxylation is 1. The topological polar surface area (TPSA) is 111 Å². The minimum absolute atomic E-state index is 0.0642. The maximum absolute atomic E-state index is 10.7. The van der Waals surface area contributed by atoms with E-state index in [0.29, 0.717) is 24.3 Å². The van der Waals surface area contributed by atoms with Crippen molar-refractivity contribution in [3.63, 3.8) is 0 Å². The highest BCUT2D eigenvalue weighted by molar-refractivity contribution is 5.85. The van der Waals surface area contributed by atoms with Gasteiger partial charge in [-0.15, -0.1) is 0 Å². The molecule has 0 fully saturated rings. The van der Waals surface area contributed by atoms with Crippen molar-refractivity contribution in [2.24, 2.45) is 16.3 Å². The number of benzene rings is 1. The molecule has 0 saturated carbocycles. The molecule has 1 aromatic rings. The van der Waals surface area contributed by atoms with Crippen molar-refractivity contribution < 1.29 is 14.9 Å². The van der Waals surface area contributed by atoms with Crippen LogP contribution in [0.3, 0.4) is 0 Å². The van der Waals surface area contributed by atoms with Crippen LogP contribution >= 0.6 is 0 Å². The molecule has 7 nitrogen and oxygen atoms in total. The van der Waals surface area contributed by atoms with Gasteiger partial charge >= 0.3 is 0 Å². The molecule has 0 aliphatic rings. The summed E-state index contributed by atoms with van der Waals surface area (Å²) >= 11 is 0. The van der Waals surface area contributed by atoms with E-state index in [1.807, 2.05) is 13.8 Å². The summed E-state index contributed by atoms with van der Waals surface area (Å²) in [7, 11) is 0. The Labute approximate surface area is 117 Å². The lowest BCUT2D eigenvalue weighted by Gasteiger charge is -2.22. The van der Waals surface area contributed by atoms with Crippen molar-refractivity contribution in [3.8, 4) is 5.75 Å². The monoisotopic (exact) mass is 281 g/mol. The van der Waals surface area contributed by atoms with Gasteiger partial charge in [0.05, 0.1) is 11.5 Å². The predicted molar refractivity (Wildman–Crippen MR) is 75.1 cm³/mol. The number of nitrogens with zero attached hydrogens (tertiary/aromatic N) is 2. The van der Waals surface area contributed by atoms with E-state index in [-0.39, 0.29) is 11.5 Å². The van der Waals surface area contributed by atoms with Gasteiger partial charge in [-0.1, -0.05) is 19.0 Å². The van der Waals surface area contributed by atoms with E-state index in [9.17, 15) is 10.1 Å². The molecule has 0 saturated heterocycles. The summed E-state index contributed by atoms with van der Waals surface area (Å²) in [6, 6.07) is 4.59. The molecule has 0 amide bonds. The van der Waals surface area contributed by atoms with Gasteiger partial charge < -0.3 is 15.7 Å². The first kappa shape index (κ1) is 15.7. The van der Waals surface area contributed by atoms with Gasteiger partial charge in [-0.2, -0.15) is 0 Å². The number of ether oxygens (including phenoxy) is 1. The molecule has 1 aromatic carbocycles. The Balaban J connectivity index is 2.64. The van der Waals surface area contributed by atoms with Crippen LogP contribution in [0, 0.1) is 22.5 Å². The van der Waals surface area contributed by atoms with Crippen molar-refractivity contribution in [3.05, 3.63) is 33.9 Å². The fraction of sp³-hybridized carbons (Fsp3) is 0.462. The molecule has 0 aromatic heterocycles. The first-order valence-corrected chi connectivity index (χ1v) is 6.14. The molecule has 7 heteroatoms. The SMILES string of the molecule is Cc1cc(OCCC(C)(C)C(N)=NO)ccc1[N+](=O)[O-]. The van der Waals surface area contributed by atoms with Gasteiger partial charge in [0.1, 0.15) is 11.6 Å². The summed E-state index contributed by atoms with van der Waals surface area (Å²) in [5, 5.41) is 22.4. The lowest BCUT2D eigenvalue weighted by molar-refractivity contribution is -0.385. The first-order chi connectivity index (χ1) is 9.27. The third-order valence-corrected chi connectivity index (χ3v) is 3.16. The fourth-order valence-corrected chi connectivity index (χ4v) is 1.61. The number of nitro groups is 1. The molecule has 0 bridgehead atoms. The number of hydrogen-bond acceptors (Lipinski definition) is 5. The third-order valence-electron chi connectivity index (χ3n) is 3.16. The molecule has 0 radical (unpaired) electrons. The number of amidine groups is 1. The third kappa shape index (κ3) is 3.84. The lowest BCUT2D eigenvalue weighted by Crippen LogP contribution is -2.33. The van der Waals surface area contributed by atoms with Crippen molar-refractivity contribution >= 4 is 11.5 Å². The number of nitrogens with two attached hydrogens (primary N) is 1. The van der Waals surface area contributed by atoms with Crippen LogP contribution in [0.25, 0.3) is 0 Å². The van der Waals surface area contributed by atoms with Crippen LogP contribution in [0.1, 0.15) is 25.8 Å². The Bertz CT molecular complexity index is 526. The van der Waals surface area contributed by atoms with Gasteiger partial charge in [0.2, 0.25) is 0 Å². The summed E-state index contributed by atoms with van der Waals surface area (Å²) in [4.78, 5) is 10.3. The first-order valence-electron chi connectivity index (χ1n) is 6.14. The Kier molecular flexibility index (Phi) is 4.90. The molecule has 1 rings (SSSR count). The molecule has 3 N–H and O–H groups in total. The van der Waals surface area contributed by atoms with E-state index in [1.165, 1.54) is 6.07 Å². The zero-order valence-corrected chi connectivity index (χ0v) is 11.8. The smallest absolute Gasteiger partial charge is 0.272 e. The lowest BCUT2D eigenvalue weighted by atomic mass is 9.88. The minimum Gasteiger partial charge on any atom is -0.494 e. The van der Waals surface area contributed by atoms with Crippen LogP contribution in [0.15, 0.2) is 23.4 Å². The molecule has 0 heterocycles. The standard InChI is InChI=1S/C13H19N3O4/c1-9-8-10(4-5-11(9)16(18)19)20-7-6-13(2,3)12(14)15-17/h4-5,8,17H,6-7H2,1-3H3,(H2,14,15). The number of nitro benzene ring substituents is 1. The number of hydrogen-bond donors (Lipinski definition) is 2. The average Bonchev–Trinajstić information content (AvgIpc) is 2.37. The maximum Gasteiger partial charge on any atom is 0.272 e. The van der Waals surface area contributed by atoms with E-state index in [2.05, 4.69) is 5.16 Å². The molecule has 0 atom stereocenters. The molecule has 110 valence electrons. The van der Waals surface area contributed by atoms with E-state index >= 15 is 0 Å². The van der Waals surface area contributed by atoms with Gasteiger partial charge in [0, 0.05) is 17.0 Å². The zero-order chi connectivity index (χ0) is 15.3. The Morgan fingerprint density at radius 1 is 1.55 bits per heavy atom. The number of rotatable bonds is 6. The highest BCUT2D eigenvalue weighted by Crippen LogP contribution is 2.25. The van der Waals surface area contributed by atoms with E-state index in [4.69, 9.17) is 15.7 Å². The second-order valence-corrected chi connectivity index (χ2v) is 5.17. The predicted octanol–water partition coefficient (Wildman–Crippen LogP) is 2.44. The summed E-state index contributed by atoms with van der Waals surface area (Å²) in [5.74, 6) is 0.699. The Morgan fingerprint density at radius 3 is 2.70 bits per heavy atom. The van der Waals surface area contributed by atoms with E-state index < -0.39 is 10.3 Å². The molecule has 20 heavy (non-hydrogen) atoms. The van der Waals surface area contributed by atoms with Crippen LogP contribution in [0.2, 0.25) is 0 Å². The summed E-state index contributed by atoms with van der Waals surface area (Å²) < 4.78 is 5.54. The zero-order valence-electron chi connectivity index (χ0n) is 11.8. The van der Waals surface area contributed by atoms with Crippen LogP contribution in [-0.4, -0.2) is 22.6 Å². The molecule has 0 aliphatic carbocycles. The van der Waals surface area contributed by atoms with Crippen molar-refractivity contribution in [2.45, 2.75) is 27.2 Å². The molecule has 0 unspecified atom stereocenters. The quantitative estimate of drug-likeness (QED) is 0.273. The molecular weight excluding hydrogens is 262 g/mol. The summed E-state index contributed by atoms with van der Waals surface area (Å²) in [6.07, 6.45) is 0.554. The fourth-order valence-electron chi connectivity index (χ4n) is 1.61. The van der Waals surface area contributed by atoms with Crippen molar-refractivity contribution in [1.82, 2.24) is 0 Å². The molecule has 0 aliphatic heterocycles. The number of oxime groups is 1. The van der Waals surface area contributed by atoms with Gasteiger partial charge in [-0.05, 0) is 25.5 Å². The summed E-state index contributed by atoms with van der Waals surface area (Å²) in [6.45, 7) is 5.70. The summed E-state index contributed by atoms with van der Waals surface area (Å²) in [5.41, 5.74) is 5.70. The van der Waals surface area contributed by atoms with Crippen LogP contribution in [0.4, 0.5) is 5.69 Å². The van der Waals surface area contributed by atoms with Crippen molar-refractivity contribution in [2.75, 3.05) is 6.61 Å².